The van der Waals surface area contributed by atoms with Crippen LogP contribution in [0, 0.1) is 0 Å². The molecule has 0 saturated carbocycles. The summed E-state index contributed by atoms with van der Waals surface area (Å²) in [4.78, 5) is 23.0. The zero-order valence-corrected chi connectivity index (χ0v) is 12.3. The van der Waals surface area contributed by atoms with Crippen molar-refractivity contribution in [1.82, 2.24) is 10.6 Å². The SMILES string of the molecule is CCC[C@H](NC(=O)NC1CCc2ccccc2C1)C(=O)O. The van der Waals surface area contributed by atoms with Crippen LogP contribution in [-0.4, -0.2) is 29.2 Å². The van der Waals surface area contributed by atoms with Crippen molar-refractivity contribution in [2.24, 2.45) is 0 Å². The average molecular weight is 290 g/mol. The predicted molar refractivity (Wildman–Crippen MR) is 80.3 cm³/mol. The lowest BCUT2D eigenvalue weighted by atomic mass is 9.88. The topological polar surface area (TPSA) is 78.4 Å². The Labute approximate surface area is 124 Å². The molecule has 21 heavy (non-hydrogen) atoms. The lowest BCUT2D eigenvalue weighted by Crippen LogP contribution is -2.50. The molecule has 0 aliphatic heterocycles. The molecule has 1 aliphatic carbocycles. The van der Waals surface area contributed by atoms with E-state index in [1.54, 1.807) is 0 Å². The number of amides is 2. The third kappa shape index (κ3) is 4.21. The number of aryl methyl sites for hydroxylation is 1. The molecule has 0 spiro atoms. The number of hydrogen-bond acceptors (Lipinski definition) is 2. The molecule has 5 heteroatoms. The number of carbonyl (C=O) groups is 2. The van der Waals surface area contributed by atoms with Crippen LogP contribution in [0.5, 0.6) is 0 Å². The van der Waals surface area contributed by atoms with Crippen molar-refractivity contribution >= 4 is 12.0 Å². The summed E-state index contributed by atoms with van der Waals surface area (Å²) in [6.07, 6.45) is 3.79. The molecule has 0 aromatic heterocycles. The molecule has 0 heterocycles. The molecule has 1 aromatic rings. The summed E-state index contributed by atoms with van der Waals surface area (Å²) in [6, 6.07) is 7.10. The van der Waals surface area contributed by atoms with Gasteiger partial charge in [0.05, 0.1) is 0 Å². The van der Waals surface area contributed by atoms with Crippen LogP contribution < -0.4 is 10.6 Å². The van der Waals surface area contributed by atoms with Gasteiger partial charge in [0, 0.05) is 6.04 Å². The van der Waals surface area contributed by atoms with E-state index in [1.165, 1.54) is 11.1 Å². The van der Waals surface area contributed by atoms with Crippen LogP contribution in [0.15, 0.2) is 24.3 Å². The highest BCUT2D eigenvalue weighted by molar-refractivity contribution is 5.82. The van der Waals surface area contributed by atoms with E-state index in [1.807, 2.05) is 19.1 Å². The van der Waals surface area contributed by atoms with E-state index in [0.29, 0.717) is 12.8 Å². The third-order valence-corrected chi connectivity index (χ3v) is 3.86. The number of urea groups is 1. The summed E-state index contributed by atoms with van der Waals surface area (Å²) in [6.45, 7) is 1.90. The van der Waals surface area contributed by atoms with Crippen molar-refractivity contribution in [3.8, 4) is 0 Å². The van der Waals surface area contributed by atoms with Gasteiger partial charge in [-0.2, -0.15) is 0 Å². The lowest BCUT2D eigenvalue weighted by Gasteiger charge is -2.26. The van der Waals surface area contributed by atoms with Gasteiger partial charge in [0.25, 0.3) is 0 Å². The Kier molecular flexibility index (Phi) is 5.20. The number of nitrogens with one attached hydrogen (secondary N) is 2. The maximum atomic E-state index is 11.9. The first-order chi connectivity index (χ1) is 10.1. The standard InChI is InChI=1S/C16H22N2O3/c1-2-5-14(15(19)20)18-16(21)17-13-9-8-11-6-3-4-7-12(11)10-13/h3-4,6-7,13-14H,2,5,8-10H2,1H3,(H,19,20)(H2,17,18,21)/t13?,14-/m0/s1. The molecule has 1 aliphatic rings. The lowest BCUT2D eigenvalue weighted by molar-refractivity contribution is -0.139. The Bertz CT molecular complexity index is 516. The normalized spacial score (nSPS) is 18.4. The van der Waals surface area contributed by atoms with Gasteiger partial charge in [0.15, 0.2) is 0 Å². The van der Waals surface area contributed by atoms with Gasteiger partial charge in [-0.1, -0.05) is 37.6 Å². The fourth-order valence-corrected chi connectivity index (χ4v) is 2.75. The number of carbonyl (C=O) groups excluding carboxylic acids is 1. The van der Waals surface area contributed by atoms with Crippen LogP contribution in [0.25, 0.3) is 0 Å². The molecular formula is C16H22N2O3. The van der Waals surface area contributed by atoms with Gasteiger partial charge >= 0.3 is 12.0 Å². The van der Waals surface area contributed by atoms with Crippen LogP contribution in [0.3, 0.4) is 0 Å². The van der Waals surface area contributed by atoms with E-state index in [2.05, 4.69) is 22.8 Å². The van der Waals surface area contributed by atoms with Crippen molar-refractivity contribution in [3.05, 3.63) is 35.4 Å². The second-order valence-corrected chi connectivity index (χ2v) is 5.51. The van der Waals surface area contributed by atoms with Crippen molar-refractivity contribution in [3.63, 3.8) is 0 Å². The number of carboxylic acid groups (broad SMARTS) is 1. The second kappa shape index (κ2) is 7.11. The molecule has 3 N–H and O–H groups in total. The monoisotopic (exact) mass is 290 g/mol. The van der Waals surface area contributed by atoms with E-state index in [4.69, 9.17) is 5.11 Å². The van der Waals surface area contributed by atoms with Crippen molar-refractivity contribution in [2.45, 2.75) is 51.1 Å². The fraction of sp³-hybridized carbons (Fsp3) is 0.500. The van der Waals surface area contributed by atoms with Crippen LogP contribution in [0.2, 0.25) is 0 Å². The minimum absolute atomic E-state index is 0.0657. The first-order valence-corrected chi connectivity index (χ1v) is 7.46. The Balaban J connectivity index is 1.88. The Hall–Kier alpha value is -2.04. The zero-order valence-electron chi connectivity index (χ0n) is 12.3. The minimum atomic E-state index is -0.985. The van der Waals surface area contributed by atoms with Crippen LogP contribution in [0.1, 0.15) is 37.3 Å². The van der Waals surface area contributed by atoms with Crippen LogP contribution in [-0.2, 0) is 17.6 Å². The number of aliphatic carboxylic acids is 1. The summed E-state index contributed by atoms with van der Waals surface area (Å²) in [5.41, 5.74) is 2.60. The molecule has 0 saturated heterocycles. The summed E-state index contributed by atoms with van der Waals surface area (Å²) < 4.78 is 0. The Morgan fingerprint density at radius 3 is 2.71 bits per heavy atom. The van der Waals surface area contributed by atoms with Gasteiger partial charge in [-0.25, -0.2) is 9.59 Å². The highest BCUT2D eigenvalue weighted by Gasteiger charge is 2.23. The zero-order chi connectivity index (χ0) is 15.2. The van der Waals surface area contributed by atoms with Gasteiger partial charge in [0.1, 0.15) is 6.04 Å². The van der Waals surface area contributed by atoms with Gasteiger partial charge in [-0.3, -0.25) is 0 Å². The summed E-state index contributed by atoms with van der Waals surface area (Å²) >= 11 is 0. The summed E-state index contributed by atoms with van der Waals surface area (Å²) in [7, 11) is 0. The first kappa shape index (κ1) is 15.4. The van der Waals surface area contributed by atoms with Gasteiger partial charge in [-0.15, -0.1) is 0 Å². The highest BCUT2D eigenvalue weighted by Crippen LogP contribution is 2.20. The van der Waals surface area contributed by atoms with Crippen molar-refractivity contribution in [1.29, 1.82) is 0 Å². The van der Waals surface area contributed by atoms with E-state index < -0.39 is 12.0 Å². The second-order valence-electron chi connectivity index (χ2n) is 5.51. The first-order valence-electron chi connectivity index (χ1n) is 7.46. The average Bonchev–Trinajstić information content (AvgIpc) is 2.46. The maximum absolute atomic E-state index is 11.9. The van der Waals surface area contributed by atoms with Gasteiger partial charge < -0.3 is 15.7 Å². The van der Waals surface area contributed by atoms with E-state index in [0.717, 1.165) is 19.3 Å². The number of rotatable bonds is 5. The fourth-order valence-electron chi connectivity index (χ4n) is 2.75. The molecule has 5 nitrogen and oxygen atoms in total. The van der Waals surface area contributed by atoms with E-state index in [-0.39, 0.29) is 12.1 Å². The molecule has 2 atom stereocenters. The minimum Gasteiger partial charge on any atom is -0.480 e. The molecule has 114 valence electrons. The van der Waals surface area contributed by atoms with Crippen molar-refractivity contribution < 1.29 is 14.7 Å². The molecule has 0 radical (unpaired) electrons. The number of fused-ring (bicyclic) bond motifs is 1. The molecule has 1 unspecified atom stereocenters. The largest absolute Gasteiger partial charge is 0.480 e. The molecule has 0 fully saturated rings. The molecule has 1 aromatic carbocycles. The van der Waals surface area contributed by atoms with Gasteiger partial charge in [0.2, 0.25) is 0 Å². The smallest absolute Gasteiger partial charge is 0.326 e. The number of benzene rings is 1. The van der Waals surface area contributed by atoms with Crippen molar-refractivity contribution in [2.75, 3.05) is 0 Å². The quantitative estimate of drug-likeness (QED) is 0.777. The van der Waals surface area contributed by atoms with E-state index >= 15 is 0 Å². The molecule has 2 rings (SSSR count). The molecular weight excluding hydrogens is 268 g/mol. The third-order valence-electron chi connectivity index (χ3n) is 3.86. The predicted octanol–water partition coefficient (Wildman–Crippen LogP) is 2.10. The number of carboxylic acids is 1. The maximum Gasteiger partial charge on any atom is 0.326 e. The molecule has 2 amide bonds. The van der Waals surface area contributed by atoms with E-state index in [9.17, 15) is 9.59 Å². The van der Waals surface area contributed by atoms with Crippen LogP contribution >= 0.6 is 0 Å². The summed E-state index contributed by atoms with van der Waals surface area (Å²) in [5.74, 6) is -0.985. The molecule has 0 bridgehead atoms. The van der Waals surface area contributed by atoms with Gasteiger partial charge in [-0.05, 0) is 36.8 Å². The summed E-state index contributed by atoms with van der Waals surface area (Å²) in [5, 5.41) is 14.5. The van der Waals surface area contributed by atoms with Crippen LogP contribution in [0.4, 0.5) is 4.79 Å². The highest BCUT2D eigenvalue weighted by atomic mass is 16.4. The number of hydrogen-bond donors (Lipinski definition) is 3. The Morgan fingerprint density at radius 1 is 1.33 bits per heavy atom. The Morgan fingerprint density at radius 2 is 2.05 bits per heavy atom.